The number of amides is 1. The van der Waals surface area contributed by atoms with Gasteiger partial charge in [-0.25, -0.2) is 4.79 Å². The van der Waals surface area contributed by atoms with Gasteiger partial charge in [-0.2, -0.15) is 5.43 Å². The summed E-state index contributed by atoms with van der Waals surface area (Å²) < 4.78 is 5.26. The third kappa shape index (κ3) is 2.54. The molecule has 0 bridgehead atoms. The number of rotatable bonds is 3. The molecule has 3 N–H and O–H groups in total. The molecule has 0 saturated heterocycles. The molecule has 0 saturated carbocycles. The first-order valence-corrected chi connectivity index (χ1v) is 8.57. The number of carbonyl (C=O) groups excluding carboxylic acids is 2. The van der Waals surface area contributed by atoms with E-state index in [1.165, 1.54) is 0 Å². The maximum absolute atomic E-state index is 12.6. The smallest absolute Gasteiger partial charge is 0.340 e. The molecule has 5 rings (SSSR count). The lowest BCUT2D eigenvalue weighted by atomic mass is 10.1. The first-order valence-electron chi connectivity index (χ1n) is 8.57. The van der Waals surface area contributed by atoms with Crippen LogP contribution < -0.4 is 10.9 Å². The Morgan fingerprint density at radius 3 is 2.67 bits per heavy atom. The normalized spacial score (nSPS) is 15.7. The number of fused-ring (bicyclic) bond motifs is 4. The Morgan fingerprint density at radius 2 is 1.74 bits per heavy atom. The molecule has 0 radical (unpaired) electrons. The minimum atomic E-state index is -0.706. The molecule has 1 aliphatic heterocycles. The zero-order valence-electron chi connectivity index (χ0n) is 14.2. The molecular formula is C21H15N3O3. The fraction of sp³-hybridized carbons (Fsp3) is 0.0476. The second-order valence-electron chi connectivity index (χ2n) is 6.40. The number of aromatic nitrogens is 1. The zero-order valence-corrected chi connectivity index (χ0v) is 14.2. The van der Waals surface area contributed by atoms with Crippen LogP contribution in [0.15, 0.2) is 66.7 Å². The van der Waals surface area contributed by atoms with E-state index in [2.05, 4.69) is 15.8 Å². The molecule has 132 valence electrons. The fourth-order valence-corrected chi connectivity index (χ4v) is 3.45. The highest BCUT2D eigenvalue weighted by Crippen LogP contribution is 2.28. The molecule has 6 heteroatoms. The average Bonchev–Trinajstić information content (AvgIpc) is 3.28. The molecule has 1 amide bonds. The van der Waals surface area contributed by atoms with Crippen molar-refractivity contribution in [1.82, 2.24) is 15.8 Å². The van der Waals surface area contributed by atoms with Crippen molar-refractivity contribution in [2.24, 2.45) is 0 Å². The van der Waals surface area contributed by atoms with Crippen molar-refractivity contribution in [1.29, 1.82) is 0 Å². The highest BCUT2D eigenvalue weighted by Gasteiger charge is 2.30. The van der Waals surface area contributed by atoms with Crippen molar-refractivity contribution >= 4 is 33.6 Å². The van der Waals surface area contributed by atoms with Crippen LogP contribution in [0.1, 0.15) is 32.6 Å². The molecule has 1 atom stereocenters. The summed E-state index contributed by atoms with van der Waals surface area (Å²) in [6.45, 7) is 0. The first-order chi connectivity index (χ1) is 13.2. The fourth-order valence-electron chi connectivity index (χ4n) is 3.45. The van der Waals surface area contributed by atoms with Gasteiger partial charge in [-0.1, -0.05) is 54.6 Å². The maximum Gasteiger partial charge on any atom is 0.340 e. The lowest BCUT2D eigenvalue weighted by Gasteiger charge is -2.13. The van der Waals surface area contributed by atoms with Crippen molar-refractivity contribution in [2.45, 2.75) is 6.23 Å². The number of cyclic esters (lactones) is 1. The van der Waals surface area contributed by atoms with E-state index in [9.17, 15) is 9.59 Å². The summed E-state index contributed by atoms with van der Waals surface area (Å²) in [6.07, 6.45) is -0.706. The molecule has 2 heterocycles. The van der Waals surface area contributed by atoms with Crippen LogP contribution >= 0.6 is 0 Å². The van der Waals surface area contributed by atoms with Crippen LogP contribution in [-0.4, -0.2) is 16.9 Å². The van der Waals surface area contributed by atoms with Crippen molar-refractivity contribution in [3.8, 4) is 0 Å². The third-order valence-corrected chi connectivity index (χ3v) is 4.77. The van der Waals surface area contributed by atoms with E-state index < -0.39 is 12.2 Å². The minimum Gasteiger partial charge on any atom is -0.437 e. The van der Waals surface area contributed by atoms with Gasteiger partial charge in [0.05, 0.1) is 11.1 Å². The SMILES string of the molecule is O=C(NNC1OC(=O)c2ccccc21)c1cc2ccc3ccccc3c2[nH]1. The van der Waals surface area contributed by atoms with E-state index >= 15 is 0 Å². The van der Waals surface area contributed by atoms with Crippen LogP contribution in [0.25, 0.3) is 21.7 Å². The zero-order chi connectivity index (χ0) is 18.4. The number of ether oxygens (including phenoxy) is 1. The molecule has 3 aromatic carbocycles. The molecule has 6 nitrogen and oxygen atoms in total. The first kappa shape index (κ1) is 15.6. The van der Waals surface area contributed by atoms with Gasteiger partial charge in [0.1, 0.15) is 5.69 Å². The predicted octanol–water partition coefficient (Wildman–Crippen LogP) is 3.42. The maximum atomic E-state index is 12.6. The molecule has 27 heavy (non-hydrogen) atoms. The summed E-state index contributed by atoms with van der Waals surface area (Å²) in [7, 11) is 0. The third-order valence-electron chi connectivity index (χ3n) is 4.77. The summed E-state index contributed by atoms with van der Waals surface area (Å²) in [5.74, 6) is -0.745. The Hall–Kier alpha value is -3.64. The largest absolute Gasteiger partial charge is 0.437 e. The molecular weight excluding hydrogens is 342 g/mol. The van der Waals surface area contributed by atoms with Gasteiger partial charge in [0.2, 0.25) is 0 Å². The summed E-state index contributed by atoms with van der Waals surface area (Å²) in [5.41, 5.74) is 7.94. The summed E-state index contributed by atoms with van der Waals surface area (Å²) in [6, 6.07) is 20.9. The van der Waals surface area contributed by atoms with E-state index in [1.54, 1.807) is 24.3 Å². The molecule has 0 fully saturated rings. The van der Waals surface area contributed by atoms with Crippen LogP contribution in [0, 0.1) is 0 Å². The standard InChI is InChI=1S/C21H15N3O3/c25-19(23-24-20-15-7-3-4-8-16(15)21(26)27-20)17-11-13-10-9-12-5-1-2-6-14(12)18(13)22-17/h1-11,20,22,24H,(H,23,25). The lowest BCUT2D eigenvalue weighted by molar-refractivity contribution is 0.0261. The second-order valence-corrected chi connectivity index (χ2v) is 6.40. The van der Waals surface area contributed by atoms with E-state index in [-0.39, 0.29) is 5.91 Å². The van der Waals surface area contributed by atoms with Crippen molar-refractivity contribution in [2.75, 3.05) is 0 Å². The minimum absolute atomic E-state index is 0.337. The van der Waals surface area contributed by atoms with Crippen molar-refractivity contribution < 1.29 is 14.3 Å². The Balaban J connectivity index is 1.39. The van der Waals surface area contributed by atoms with Crippen molar-refractivity contribution in [3.63, 3.8) is 0 Å². The number of hydrazine groups is 1. The van der Waals surface area contributed by atoms with Crippen molar-refractivity contribution in [3.05, 3.63) is 83.6 Å². The number of esters is 1. The summed E-state index contributed by atoms with van der Waals surface area (Å²) >= 11 is 0. The van der Waals surface area contributed by atoms with Crippen LogP contribution in [0.2, 0.25) is 0 Å². The average molecular weight is 357 g/mol. The topological polar surface area (TPSA) is 83.2 Å². The number of benzene rings is 3. The van der Waals surface area contributed by atoms with Crippen LogP contribution in [-0.2, 0) is 4.74 Å². The lowest BCUT2D eigenvalue weighted by Crippen LogP contribution is -2.40. The number of nitrogens with one attached hydrogen (secondary N) is 3. The highest BCUT2D eigenvalue weighted by atomic mass is 16.6. The monoisotopic (exact) mass is 357 g/mol. The van der Waals surface area contributed by atoms with Gasteiger partial charge >= 0.3 is 5.97 Å². The highest BCUT2D eigenvalue weighted by molar-refractivity contribution is 6.08. The Kier molecular flexibility index (Phi) is 3.45. The molecule has 4 aromatic rings. The van der Waals surface area contributed by atoms with Gasteiger partial charge in [0, 0.05) is 16.3 Å². The Morgan fingerprint density at radius 1 is 0.963 bits per heavy atom. The van der Waals surface area contributed by atoms with Crippen LogP contribution in [0.5, 0.6) is 0 Å². The Labute approximate surface area is 154 Å². The van der Waals surface area contributed by atoms with Crippen LogP contribution in [0.3, 0.4) is 0 Å². The Bertz CT molecular complexity index is 1210. The number of hydrogen-bond donors (Lipinski definition) is 3. The van der Waals surface area contributed by atoms with Gasteiger partial charge in [-0.15, -0.1) is 0 Å². The molecule has 1 unspecified atom stereocenters. The van der Waals surface area contributed by atoms with E-state index in [0.717, 1.165) is 21.7 Å². The van der Waals surface area contributed by atoms with Gasteiger partial charge in [-0.05, 0) is 17.5 Å². The van der Waals surface area contributed by atoms with Gasteiger partial charge in [0.25, 0.3) is 5.91 Å². The molecule has 0 aliphatic carbocycles. The molecule has 1 aliphatic rings. The number of hydrogen-bond acceptors (Lipinski definition) is 4. The molecule has 0 spiro atoms. The number of carbonyl (C=O) groups is 2. The van der Waals surface area contributed by atoms with E-state index in [1.807, 2.05) is 42.5 Å². The summed E-state index contributed by atoms with van der Waals surface area (Å²) in [5, 5.41) is 3.11. The number of H-pyrrole nitrogens is 1. The molecule has 1 aromatic heterocycles. The second kappa shape index (κ2) is 5.96. The number of aromatic amines is 1. The van der Waals surface area contributed by atoms with E-state index in [4.69, 9.17) is 4.74 Å². The quantitative estimate of drug-likeness (QED) is 0.387. The van der Waals surface area contributed by atoms with Gasteiger partial charge in [0.15, 0.2) is 6.23 Å². The van der Waals surface area contributed by atoms with E-state index in [0.29, 0.717) is 16.8 Å². The predicted molar refractivity (Wildman–Crippen MR) is 101 cm³/mol. The van der Waals surface area contributed by atoms with Gasteiger partial charge < -0.3 is 9.72 Å². The summed E-state index contributed by atoms with van der Waals surface area (Å²) in [4.78, 5) is 27.6. The van der Waals surface area contributed by atoms with Crippen LogP contribution in [0.4, 0.5) is 0 Å². The van der Waals surface area contributed by atoms with Gasteiger partial charge in [-0.3, -0.25) is 10.2 Å².